The Labute approximate surface area is 113 Å². The van der Waals surface area contributed by atoms with Crippen LogP contribution in [0.15, 0.2) is 0 Å². The van der Waals surface area contributed by atoms with E-state index in [-0.39, 0.29) is 18.6 Å². The fraction of sp³-hybridized carbons (Fsp3) is 0.692. The molecule has 1 fully saturated rings. The zero-order valence-corrected chi connectivity index (χ0v) is 11.7. The first kappa shape index (κ1) is 14.0. The molecule has 0 aliphatic carbocycles. The number of hydrogen-bond acceptors (Lipinski definition) is 5. The molecule has 2 heterocycles. The number of nitrogens with zero attached hydrogens (tertiary/aromatic N) is 2. The molecule has 0 spiro atoms. The number of carbonyl (C=O) groups is 1. The van der Waals surface area contributed by atoms with Gasteiger partial charge in [0, 0.05) is 17.8 Å². The van der Waals surface area contributed by atoms with Gasteiger partial charge in [-0.1, -0.05) is 0 Å². The highest BCUT2D eigenvalue weighted by Crippen LogP contribution is 2.23. The van der Waals surface area contributed by atoms with Gasteiger partial charge >= 0.3 is 5.97 Å². The number of hydrogen-bond donors (Lipinski definition) is 1. The van der Waals surface area contributed by atoms with E-state index in [1.54, 1.807) is 11.6 Å². The summed E-state index contributed by atoms with van der Waals surface area (Å²) in [6.45, 7) is 8.51. The van der Waals surface area contributed by atoms with E-state index < -0.39 is 0 Å². The maximum Gasteiger partial charge on any atom is 0.327 e. The van der Waals surface area contributed by atoms with Crippen LogP contribution in [0.25, 0.3) is 0 Å². The van der Waals surface area contributed by atoms with Crippen LogP contribution in [0.4, 0.5) is 0 Å². The van der Waals surface area contributed by atoms with Gasteiger partial charge in [-0.25, -0.2) is 0 Å². The van der Waals surface area contributed by atoms with Crippen LogP contribution in [-0.4, -0.2) is 42.1 Å². The summed E-state index contributed by atoms with van der Waals surface area (Å²) in [6.07, 6.45) is 0. The van der Waals surface area contributed by atoms with E-state index in [0.717, 1.165) is 30.1 Å². The summed E-state index contributed by atoms with van der Waals surface area (Å²) in [7, 11) is 0. The Morgan fingerprint density at radius 2 is 2.37 bits per heavy atom. The number of morpholine rings is 1. The van der Waals surface area contributed by atoms with Gasteiger partial charge in [0.15, 0.2) is 0 Å². The topological polar surface area (TPSA) is 65.4 Å². The molecule has 106 valence electrons. The average molecular weight is 267 g/mol. The molecule has 1 aromatic rings. The van der Waals surface area contributed by atoms with Gasteiger partial charge in [-0.3, -0.25) is 9.48 Å². The lowest BCUT2D eigenvalue weighted by molar-refractivity contribution is -0.144. The molecule has 1 atom stereocenters. The van der Waals surface area contributed by atoms with Crippen molar-refractivity contribution in [2.24, 2.45) is 0 Å². The Kier molecular flexibility index (Phi) is 4.55. The molecule has 0 unspecified atom stereocenters. The molecular formula is C13H21N3O3. The maximum atomic E-state index is 11.5. The van der Waals surface area contributed by atoms with Gasteiger partial charge < -0.3 is 14.8 Å². The third kappa shape index (κ3) is 3.13. The second kappa shape index (κ2) is 6.16. The smallest absolute Gasteiger partial charge is 0.327 e. The lowest BCUT2D eigenvalue weighted by Gasteiger charge is -2.24. The van der Waals surface area contributed by atoms with Gasteiger partial charge in [0.05, 0.1) is 31.6 Å². The number of aromatic nitrogens is 2. The number of ether oxygens (including phenoxy) is 2. The number of nitrogens with one attached hydrogen (secondary N) is 1. The minimum Gasteiger partial charge on any atom is -0.465 e. The second-order valence-corrected chi connectivity index (χ2v) is 4.63. The van der Waals surface area contributed by atoms with E-state index in [4.69, 9.17) is 9.47 Å². The average Bonchev–Trinajstić information content (AvgIpc) is 2.66. The normalized spacial score (nSPS) is 19.4. The molecule has 1 N–H and O–H groups in total. The summed E-state index contributed by atoms with van der Waals surface area (Å²) in [5.41, 5.74) is 3.06. The zero-order valence-electron chi connectivity index (χ0n) is 11.7. The predicted molar refractivity (Wildman–Crippen MR) is 69.9 cm³/mol. The highest BCUT2D eigenvalue weighted by atomic mass is 16.5. The molecule has 0 aromatic carbocycles. The molecule has 0 radical (unpaired) electrons. The number of rotatable bonds is 4. The van der Waals surface area contributed by atoms with E-state index in [1.807, 2.05) is 13.8 Å². The first-order valence-electron chi connectivity index (χ1n) is 6.64. The largest absolute Gasteiger partial charge is 0.465 e. The van der Waals surface area contributed by atoms with Crippen molar-refractivity contribution in [2.75, 3.05) is 26.4 Å². The molecule has 0 bridgehead atoms. The summed E-state index contributed by atoms with van der Waals surface area (Å²) < 4.78 is 12.1. The molecule has 2 rings (SSSR count). The van der Waals surface area contributed by atoms with Gasteiger partial charge in [0.1, 0.15) is 6.54 Å². The molecule has 0 amide bonds. The van der Waals surface area contributed by atoms with Crippen molar-refractivity contribution in [3.63, 3.8) is 0 Å². The molecule has 6 heteroatoms. The number of carbonyl (C=O) groups excluding carboxylic acids is 1. The molecule has 0 saturated carbocycles. The Morgan fingerprint density at radius 3 is 3.00 bits per heavy atom. The van der Waals surface area contributed by atoms with Gasteiger partial charge in [-0.15, -0.1) is 0 Å². The molecular weight excluding hydrogens is 246 g/mol. The molecule has 1 saturated heterocycles. The van der Waals surface area contributed by atoms with Crippen LogP contribution < -0.4 is 5.32 Å². The Bertz CT molecular complexity index is 450. The third-order valence-electron chi connectivity index (χ3n) is 3.29. The van der Waals surface area contributed by atoms with Gasteiger partial charge in [-0.05, 0) is 20.8 Å². The highest BCUT2D eigenvalue weighted by molar-refractivity contribution is 5.69. The van der Waals surface area contributed by atoms with Crippen molar-refractivity contribution >= 4 is 5.97 Å². The molecule has 1 aliphatic rings. The van der Waals surface area contributed by atoms with E-state index in [2.05, 4.69) is 10.4 Å². The van der Waals surface area contributed by atoms with Crippen molar-refractivity contribution < 1.29 is 14.3 Å². The molecule has 1 aromatic heterocycles. The highest BCUT2D eigenvalue weighted by Gasteiger charge is 2.23. The quantitative estimate of drug-likeness (QED) is 0.814. The van der Waals surface area contributed by atoms with E-state index in [0.29, 0.717) is 13.2 Å². The van der Waals surface area contributed by atoms with E-state index in [1.165, 1.54) is 0 Å². The Hall–Kier alpha value is -1.40. The fourth-order valence-corrected chi connectivity index (χ4v) is 2.45. The first-order valence-corrected chi connectivity index (χ1v) is 6.64. The van der Waals surface area contributed by atoms with E-state index in [9.17, 15) is 4.79 Å². The monoisotopic (exact) mass is 267 g/mol. The standard InChI is InChI=1S/C13H21N3O3/c1-4-19-12(17)7-16-10(3)13(9(2)15-16)11-8-18-6-5-14-11/h11,14H,4-8H2,1-3H3/t11-/m1/s1. The lowest BCUT2D eigenvalue weighted by Crippen LogP contribution is -2.35. The maximum absolute atomic E-state index is 11.5. The predicted octanol–water partition coefficient (Wildman–Crippen LogP) is 0.724. The van der Waals surface area contributed by atoms with Crippen LogP contribution in [0.5, 0.6) is 0 Å². The van der Waals surface area contributed by atoms with Crippen molar-refractivity contribution in [3.05, 3.63) is 17.0 Å². The van der Waals surface area contributed by atoms with Crippen LogP contribution in [0.1, 0.15) is 29.9 Å². The fourth-order valence-electron chi connectivity index (χ4n) is 2.45. The summed E-state index contributed by atoms with van der Waals surface area (Å²) >= 11 is 0. The molecule has 6 nitrogen and oxygen atoms in total. The summed E-state index contributed by atoms with van der Waals surface area (Å²) in [5, 5.41) is 7.84. The van der Waals surface area contributed by atoms with Crippen LogP contribution in [0.2, 0.25) is 0 Å². The van der Waals surface area contributed by atoms with Gasteiger partial charge in [0.25, 0.3) is 0 Å². The minimum absolute atomic E-state index is 0.157. The van der Waals surface area contributed by atoms with Crippen LogP contribution >= 0.6 is 0 Å². The van der Waals surface area contributed by atoms with Crippen molar-refractivity contribution in [3.8, 4) is 0 Å². The summed E-state index contributed by atoms with van der Waals surface area (Å²) in [4.78, 5) is 11.5. The zero-order chi connectivity index (χ0) is 13.8. The minimum atomic E-state index is -0.257. The van der Waals surface area contributed by atoms with Crippen LogP contribution in [-0.2, 0) is 20.8 Å². The van der Waals surface area contributed by atoms with E-state index >= 15 is 0 Å². The Balaban J connectivity index is 2.16. The van der Waals surface area contributed by atoms with Crippen molar-refractivity contribution in [1.29, 1.82) is 0 Å². The van der Waals surface area contributed by atoms with Crippen LogP contribution in [0.3, 0.4) is 0 Å². The lowest BCUT2D eigenvalue weighted by atomic mass is 10.0. The van der Waals surface area contributed by atoms with Gasteiger partial charge in [0.2, 0.25) is 0 Å². The molecule has 19 heavy (non-hydrogen) atoms. The summed E-state index contributed by atoms with van der Waals surface area (Å²) in [5.74, 6) is -0.257. The SMILES string of the molecule is CCOC(=O)Cn1nc(C)c([C@H]2COCCN2)c1C. The third-order valence-corrected chi connectivity index (χ3v) is 3.29. The molecule has 1 aliphatic heterocycles. The number of aryl methyl sites for hydroxylation is 1. The number of esters is 1. The van der Waals surface area contributed by atoms with Crippen molar-refractivity contribution in [1.82, 2.24) is 15.1 Å². The second-order valence-electron chi connectivity index (χ2n) is 4.63. The van der Waals surface area contributed by atoms with Crippen LogP contribution in [0, 0.1) is 13.8 Å². The van der Waals surface area contributed by atoms with Gasteiger partial charge in [-0.2, -0.15) is 5.10 Å². The first-order chi connectivity index (χ1) is 9.13. The summed E-state index contributed by atoms with van der Waals surface area (Å²) in [6, 6.07) is 0.157. The van der Waals surface area contributed by atoms with Crippen molar-refractivity contribution in [2.45, 2.75) is 33.4 Å². The Morgan fingerprint density at radius 1 is 1.58 bits per heavy atom.